The molecule has 1 aromatic heterocycles. The molecule has 0 atom stereocenters. The van der Waals surface area contributed by atoms with E-state index in [-0.39, 0.29) is 21.6 Å². The molecule has 1 N–H and O–H groups in total. The molecule has 0 unspecified atom stereocenters. The number of aliphatic carboxylic acids is 1. The molecule has 2 aromatic rings. The van der Waals surface area contributed by atoms with E-state index in [1.165, 1.54) is 22.9 Å². The topological polar surface area (TPSA) is 80.9 Å². The summed E-state index contributed by atoms with van der Waals surface area (Å²) in [6.45, 7) is 0. The van der Waals surface area contributed by atoms with Gasteiger partial charge in [-0.3, -0.25) is 4.79 Å². The number of carboxylic acid groups (broad SMARTS) is 1. The molecule has 9 heteroatoms. The molecule has 6 nitrogen and oxygen atoms in total. The molecule has 0 spiro atoms. The van der Waals surface area contributed by atoms with E-state index in [2.05, 4.69) is 15.5 Å². The Morgan fingerprint density at radius 1 is 1.56 bits per heavy atom. The summed E-state index contributed by atoms with van der Waals surface area (Å²) in [6, 6.07) is 3.75. The van der Waals surface area contributed by atoms with Gasteiger partial charge in [0.1, 0.15) is 5.82 Å². The Morgan fingerprint density at radius 3 is 3.06 bits per heavy atom. The van der Waals surface area contributed by atoms with Crippen LogP contribution in [-0.4, -0.2) is 37.0 Å². The molecule has 0 bridgehead atoms. The van der Waals surface area contributed by atoms with E-state index in [0.717, 1.165) is 11.8 Å². The Labute approximate surface area is 110 Å². The number of carboxylic acids is 1. The van der Waals surface area contributed by atoms with Crippen molar-refractivity contribution >= 4 is 29.3 Å². The standard InChI is InChI=1S/C9H6ClFN4O2S/c10-6-2-1-5(11)3-7(6)15-9(12-13-14-15)18-4-8(16)17/h1-3H,4H2,(H,16,17). The molecule has 0 radical (unpaired) electrons. The van der Waals surface area contributed by atoms with E-state index in [4.69, 9.17) is 16.7 Å². The van der Waals surface area contributed by atoms with Crippen LogP contribution in [0, 0.1) is 5.82 Å². The summed E-state index contributed by atoms with van der Waals surface area (Å²) < 4.78 is 14.3. The minimum absolute atomic E-state index is 0.201. The van der Waals surface area contributed by atoms with Gasteiger partial charge in [-0.1, -0.05) is 23.4 Å². The van der Waals surface area contributed by atoms with Crippen LogP contribution in [-0.2, 0) is 4.79 Å². The van der Waals surface area contributed by atoms with Gasteiger partial charge in [0, 0.05) is 6.07 Å². The fourth-order valence-electron chi connectivity index (χ4n) is 1.19. The van der Waals surface area contributed by atoms with Crippen LogP contribution < -0.4 is 0 Å². The number of hydrogen-bond donors (Lipinski definition) is 1. The minimum Gasteiger partial charge on any atom is -0.481 e. The van der Waals surface area contributed by atoms with Gasteiger partial charge in [0.2, 0.25) is 5.16 Å². The maximum absolute atomic E-state index is 13.1. The summed E-state index contributed by atoms with van der Waals surface area (Å²) in [4.78, 5) is 10.5. The Hall–Kier alpha value is -1.67. The van der Waals surface area contributed by atoms with Crippen LogP contribution >= 0.6 is 23.4 Å². The second-order valence-electron chi connectivity index (χ2n) is 3.15. The zero-order valence-corrected chi connectivity index (χ0v) is 10.3. The summed E-state index contributed by atoms with van der Waals surface area (Å²) >= 11 is 6.83. The van der Waals surface area contributed by atoms with Crippen molar-refractivity contribution in [1.82, 2.24) is 20.2 Å². The van der Waals surface area contributed by atoms with E-state index < -0.39 is 11.8 Å². The van der Waals surface area contributed by atoms with E-state index in [1.807, 2.05) is 0 Å². The van der Waals surface area contributed by atoms with Crippen molar-refractivity contribution in [3.05, 3.63) is 29.0 Å². The molecule has 0 saturated carbocycles. The van der Waals surface area contributed by atoms with Gasteiger partial charge >= 0.3 is 5.97 Å². The van der Waals surface area contributed by atoms with Crippen LogP contribution in [0.4, 0.5) is 4.39 Å². The SMILES string of the molecule is O=C(O)CSc1nnnn1-c1cc(F)ccc1Cl. The maximum atomic E-state index is 13.1. The zero-order valence-electron chi connectivity index (χ0n) is 8.75. The normalized spacial score (nSPS) is 10.6. The third-order valence-corrected chi connectivity index (χ3v) is 3.13. The summed E-state index contributed by atoms with van der Waals surface area (Å²) in [7, 11) is 0. The molecule has 1 aromatic carbocycles. The van der Waals surface area contributed by atoms with Gasteiger partial charge in [0.05, 0.1) is 16.5 Å². The van der Waals surface area contributed by atoms with Crippen LogP contribution in [0.1, 0.15) is 0 Å². The maximum Gasteiger partial charge on any atom is 0.313 e. The van der Waals surface area contributed by atoms with Gasteiger partial charge in [-0.05, 0) is 22.6 Å². The van der Waals surface area contributed by atoms with E-state index in [0.29, 0.717) is 0 Å². The predicted octanol–water partition coefficient (Wildman–Crippen LogP) is 1.63. The van der Waals surface area contributed by atoms with E-state index >= 15 is 0 Å². The first kappa shape index (κ1) is 12.8. The average Bonchev–Trinajstić information content (AvgIpc) is 2.77. The number of thioether (sulfide) groups is 1. The fourth-order valence-corrected chi connectivity index (χ4v) is 2.00. The Morgan fingerprint density at radius 2 is 2.33 bits per heavy atom. The molecule has 0 saturated heterocycles. The highest BCUT2D eigenvalue weighted by Crippen LogP contribution is 2.24. The lowest BCUT2D eigenvalue weighted by atomic mass is 10.3. The number of hydrogen-bond acceptors (Lipinski definition) is 5. The van der Waals surface area contributed by atoms with Crippen molar-refractivity contribution in [3.8, 4) is 5.69 Å². The van der Waals surface area contributed by atoms with Crippen molar-refractivity contribution in [2.75, 3.05) is 5.75 Å². The van der Waals surface area contributed by atoms with Gasteiger partial charge < -0.3 is 5.11 Å². The number of aromatic nitrogens is 4. The van der Waals surface area contributed by atoms with Crippen LogP contribution in [0.3, 0.4) is 0 Å². The molecule has 2 rings (SSSR count). The average molecular weight is 289 g/mol. The molecule has 0 fully saturated rings. The van der Waals surface area contributed by atoms with Gasteiger partial charge in [0.15, 0.2) is 0 Å². The van der Waals surface area contributed by atoms with E-state index in [9.17, 15) is 9.18 Å². The first-order chi connectivity index (χ1) is 8.58. The van der Waals surface area contributed by atoms with Crippen LogP contribution in [0.2, 0.25) is 5.02 Å². The number of benzene rings is 1. The molecule has 18 heavy (non-hydrogen) atoms. The summed E-state index contributed by atoms with van der Waals surface area (Å²) in [5, 5.41) is 19.8. The number of nitrogens with zero attached hydrogens (tertiary/aromatic N) is 4. The fraction of sp³-hybridized carbons (Fsp3) is 0.111. The predicted molar refractivity (Wildman–Crippen MR) is 62.5 cm³/mol. The quantitative estimate of drug-likeness (QED) is 0.861. The van der Waals surface area contributed by atoms with Crippen LogP contribution in [0.25, 0.3) is 5.69 Å². The Bertz CT molecular complexity index is 592. The summed E-state index contributed by atoms with van der Waals surface area (Å²) in [5.41, 5.74) is 0.259. The van der Waals surface area contributed by atoms with Crippen LogP contribution in [0.15, 0.2) is 23.4 Å². The highest BCUT2D eigenvalue weighted by atomic mass is 35.5. The highest BCUT2D eigenvalue weighted by Gasteiger charge is 2.14. The van der Waals surface area contributed by atoms with Crippen molar-refractivity contribution in [1.29, 1.82) is 0 Å². The van der Waals surface area contributed by atoms with Crippen LogP contribution in [0.5, 0.6) is 0 Å². The zero-order chi connectivity index (χ0) is 13.1. The second-order valence-corrected chi connectivity index (χ2v) is 4.50. The van der Waals surface area contributed by atoms with Crippen molar-refractivity contribution in [2.24, 2.45) is 0 Å². The molecule has 0 aliphatic rings. The Kier molecular flexibility index (Phi) is 3.78. The third kappa shape index (κ3) is 2.77. The third-order valence-electron chi connectivity index (χ3n) is 1.90. The molecule has 0 amide bonds. The molecular weight excluding hydrogens is 283 g/mol. The lowest BCUT2D eigenvalue weighted by Crippen LogP contribution is -2.03. The smallest absolute Gasteiger partial charge is 0.313 e. The first-order valence-electron chi connectivity index (χ1n) is 4.66. The molecular formula is C9H6ClFN4O2S. The number of halogens is 2. The summed E-state index contributed by atoms with van der Waals surface area (Å²) in [6.07, 6.45) is 0. The largest absolute Gasteiger partial charge is 0.481 e. The monoisotopic (exact) mass is 288 g/mol. The Balaban J connectivity index is 2.36. The van der Waals surface area contributed by atoms with Gasteiger partial charge in [-0.25, -0.2) is 4.39 Å². The number of carbonyl (C=O) groups is 1. The van der Waals surface area contributed by atoms with Gasteiger partial charge in [-0.2, -0.15) is 4.68 Å². The first-order valence-corrected chi connectivity index (χ1v) is 6.02. The number of rotatable bonds is 4. The van der Waals surface area contributed by atoms with E-state index in [1.54, 1.807) is 0 Å². The highest BCUT2D eigenvalue weighted by molar-refractivity contribution is 7.99. The summed E-state index contributed by atoms with van der Waals surface area (Å²) in [5.74, 6) is -1.69. The minimum atomic E-state index is -1.00. The molecule has 94 valence electrons. The van der Waals surface area contributed by atoms with Crippen molar-refractivity contribution in [2.45, 2.75) is 5.16 Å². The second kappa shape index (κ2) is 5.32. The van der Waals surface area contributed by atoms with Gasteiger partial charge in [0.25, 0.3) is 0 Å². The lowest BCUT2D eigenvalue weighted by Gasteiger charge is -2.05. The molecule has 1 heterocycles. The lowest BCUT2D eigenvalue weighted by molar-refractivity contribution is -0.133. The number of tetrazole rings is 1. The molecule has 0 aliphatic carbocycles. The van der Waals surface area contributed by atoms with Crippen molar-refractivity contribution < 1.29 is 14.3 Å². The van der Waals surface area contributed by atoms with Gasteiger partial charge in [-0.15, -0.1) is 5.10 Å². The molecule has 0 aliphatic heterocycles. The van der Waals surface area contributed by atoms with Crippen molar-refractivity contribution in [3.63, 3.8) is 0 Å².